The molecule has 2 amide bonds. The van der Waals surface area contributed by atoms with Gasteiger partial charge in [-0.25, -0.2) is 17.5 Å². The van der Waals surface area contributed by atoms with Crippen molar-refractivity contribution in [1.82, 2.24) is 18.5 Å². The molecule has 1 saturated heterocycles. The zero-order valence-electron chi connectivity index (χ0n) is 34.4. The molecule has 0 atom stereocenters. The Labute approximate surface area is 331 Å². The molecule has 3 heterocycles. The molecule has 1 fully saturated rings. The molecule has 0 saturated carbocycles. The Hall–Kier alpha value is -4.14. The zero-order chi connectivity index (χ0) is 41.1. The van der Waals surface area contributed by atoms with Gasteiger partial charge >= 0.3 is 6.09 Å². The van der Waals surface area contributed by atoms with Gasteiger partial charge < -0.3 is 25.0 Å². The predicted molar refractivity (Wildman–Crippen MR) is 221 cm³/mol. The van der Waals surface area contributed by atoms with Gasteiger partial charge in [-0.3, -0.25) is 13.5 Å². The second-order valence-electron chi connectivity index (χ2n) is 18.0. The number of ether oxygens (including phenoxy) is 2. The summed E-state index contributed by atoms with van der Waals surface area (Å²) in [6, 6.07) is 18.7. The molecule has 0 bridgehead atoms. The number of nitrogens with one attached hydrogen (secondary N) is 2. The van der Waals surface area contributed by atoms with Crippen LogP contribution in [-0.2, 0) is 29.8 Å². The molecule has 12 nitrogen and oxygen atoms in total. The van der Waals surface area contributed by atoms with Gasteiger partial charge in [-0.2, -0.15) is 0 Å². The fourth-order valence-corrected chi connectivity index (χ4v) is 8.95. The van der Waals surface area contributed by atoms with Gasteiger partial charge in [0.05, 0.1) is 41.8 Å². The summed E-state index contributed by atoms with van der Waals surface area (Å²) in [6.45, 7) is 25.3. The fourth-order valence-electron chi connectivity index (χ4n) is 5.77. The van der Waals surface area contributed by atoms with E-state index < -0.39 is 27.1 Å². The standard InChI is InChI=1S/C23H33N3O6S.C18H26N2OS/c1-22(2,3)26-20(27)18(19(33(26,29)30)16-10-8-7-9-11-16)24-12-13-31-17-14-25(15-17)21(28)32-23(4,5)6;1-17(2,3)12-19-14-15(13-10-8-7-9-11-13)22-20(16(14)21)18(4,5)6/h7-11,17,24H,12-15H2,1-6H3;7-11,19H,12H2,1-6H3. The smallest absolute Gasteiger partial charge is 0.410 e. The highest BCUT2D eigenvalue weighted by molar-refractivity contribution is 7.99. The lowest BCUT2D eigenvalue weighted by molar-refractivity contribution is -0.125. The number of hydrogen-bond donors (Lipinski definition) is 2. The van der Waals surface area contributed by atoms with E-state index in [1.165, 1.54) is 11.5 Å². The Morgan fingerprint density at radius 2 is 1.35 bits per heavy atom. The largest absolute Gasteiger partial charge is 0.444 e. The van der Waals surface area contributed by atoms with Crippen LogP contribution in [0.1, 0.15) is 88.6 Å². The summed E-state index contributed by atoms with van der Waals surface area (Å²) < 4.78 is 40.4. The highest BCUT2D eigenvalue weighted by Crippen LogP contribution is 2.39. The summed E-state index contributed by atoms with van der Waals surface area (Å²) in [4.78, 5) is 40.5. The quantitative estimate of drug-likeness (QED) is 0.213. The second-order valence-corrected chi connectivity index (χ2v) is 20.6. The monoisotopic (exact) mass is 797 g/mol. The third-order valence-corrected chi connectivity index (χ3v) is 11.9. The Kier molecular flexibility index (Phi) is 13.1. The van der Waals surface area contributed by atoms with Gasteiger partial charge in [0.25, 0.3) is 21.5 Å². The van der Waals surface area contributed by atoms with E-state index in [4.69, 9.17) is 9.47 Å². The number of likely N-dealkylation sites (tertiary alicyclic amines) is 1. The molecule has 0 radical (unpaired) electrons. The number of benzene rings is 2. The average Bonchev–Trinajstić information content (AvgIpc) is 3.47. The number of amides is 2. The topological polar surface area (TPSA) is 139 Å². The summed E-state index contributed by atoms with van der Waals surface area (Å²) >= 11 is 1.54. The molecule has 2 aliphatic heterocycles. The van der Waals surface area contributed by atoms with Crippen molar-refractivity contribution in [3.8, 4) is 10.4 Å². The number of sulfonamides is 1. The average molecular weight is 798 g/mol. The van der Waals surface area contributed by atoms with E-state index in [0.717, 1.165) is 27.0 Å². The van der Waals surface area contributed by atoms with Gasteiger partial charge in [0.1, 0.15) is 21.9 Å². The maximum Gasteiger partial charge on any atom is 0.410 e. The molecule has 0 aliphatic carbocycles. The molecule has 2 N–H and O–H groups in total. The molecule has 0 spiro atoms. The van der Waals surface area contributed by atoms with Crippen LogP contribution in [0.15, 0.2) is 71.2 Å². The second kappa shape index (κ2) is 16.5. The lowest BCUT2D eigenvalue weighted by atomic mass is 9.97. The fraction of sp³-hybridized carbons (Fsp3) is 0.537. The lowest BCUT2D eigenvalue weighted by Crippen LogP contribution is -2.56. The third kappa shape index (κ3) is 11.0. The van der Waals surface area contributed by atoms with E-state index in [1.807, 2.05) is 42.9 Å². The van der Waals surface area contributed by atoms with Crippen molar-refractivity contribution in [2.24, 2.45) is 5.41 Å². The Morgan fingerprint density at radius 3 is 1.84 bits per heavy atom. The number of nitrogens with zero attached hydrogens (tertiary/aromatic N) is 3. The molecule has 2 aromatic carbocycles. The molecule has 2 aliphatic rings. The Balaban J connectivity index is 0.000000265. The van der Waals surface area contributed by atoms with E-state index in [0.29, 0.717) is 18.7 Å². The van der Waals surface area contributed by atoms with E-state index in [2.05, 4.69) is 64.3 Å². The minimum Gasteiger partial charge on any atom is -0.444 e. The minimum atomic E-state index is -4.01. The van der Waals surface area contributed by atoms with Crippen molar-refractivity contribution in [3.63, 3.8) is 0 Å². The van der Waals surface area contributed by atoms with Gasteiger partial charge in [0.15, 0.2) is 0 Å². The highest BCUT2D eigenvalue weighted by Gasteiger charge is 2.49. The van der Waals surface area contributed by atoms with E-state index in [-0.39, 0.29) is 52.5 Å². The summed E-state index contributed by atoms with van der Waals surface area (Å²) in [6.07, 6.45) is -0.502. The van der Waals surface area contributed by atoms with Crippen LogP contribution in [-0.4, -0.2) is 83.6 Å². The van der Waals surface area contributed by atoms with Crippen LogP contribution in [0.3, 0.4) is 0 Å². The van der Waals surface area contributed by atoms with Gasteiger partial charge in [0, 0.05) is 13.1 Å². The van der Waals surface area contributed by atoms with Gasteiger partial charge in [-0.1, -0.05) is 93.0 Å². The van der Waals surface area contributed by atoms with Crippen molar-refractivity contribution in [1.29, 1.82) is 0 Å². The SMILES string of the molecule is CC(C)(C)CNc1c(-c2ccccc2)sn(C(C)(C)C)c1=O.CC(C)(C)OC(=O)N1CC(OCCNC2=C(c3ccccc3)S(=O)(=O)N(C(C)(C)C)C2=O)C1. The normalized spacial score (nSPS) is 16.4. The van der Waals surface area contributed by atoms with Crippen molar-refractivity contribution >= 4 is 44.1 Å². The van der Waals surface area contributed by atoms with Crippen LogP contribution in [0.2, 0.25) is 0 Å². The number of aromatic nitrogens is 1. The van der Waals surface area contributed by atoms with Gasteiger partial charge in [-0.15, -0.1) is 0 Å². The molecular weight excluding hydrogens is 739 g/mol. The molecule has 0 unspecified atom stereocenters. The summed E-state index contributed by atoms with van der Waals surface area (Å²) in [5.74, 6) is -0.582. The molecular formula is C41H59N5O7S2. The van der Waals surface area contributed by atoms with Crippen molar-refractivity contribution < 1.29 is 27.5 Å². The molecule has 55 heavy (non-hydrogen) atoms. The maximum absolute atomic E-state index is 13.3. The van der Waals surface area contributed by atoms with Crippen molar-refractivity contribution in [2.75, 3.05) is 38.1 Å². The summed E-state index contributed by atoms with van der Waals surface area (Å²) in [5, 5.41) is 6.37. The first kappa shape index (κ1) is 43.6. The predicted octanol–water partition coefficient (Wildman–Crippen LogP) is 7.34. The van der Waals surface area contributed by atoms with Gasteiger partial charge in [0.2, 0.25) is 0 Å². The van der Waals surface area contributed by atoms with Crippen LogP contribution in [0.25, 0.3) is 15.3 Å². The molecule has 14 heteroatoms. The van der Waals surface area contributed by atoms with Gasteiger partial charge in [-0.05, 0) is 78.9 Å². The zero-order valence-corrected chi connectivity index (χ0v) is 36.0. The van der Waals surface area contributed by atoms with E-state index in [1.54, 1.807) is 56.0 Å². The number of hydrogen-bond acceptors (Lipinski definition) is 10. The first-order valence-corrected chi connectivity index (χ1v) is 20.8. The third-order valence-electron chi connectivity index (χ3n) is 8.27. The maximum atomic E-state index is 13.3. The summed E-state index contributed by atoms with van der Waals surface area (Å²) in [5.41, 5.74) is 0.823. The minimum absolute atomic E-state index is 0.0252. The number of anilines is 1. The molecule has 1 aromatic heterocycles. The first-order valence-electron chi connectivity index (χ1n) is 18.6. The highest BCUT2D eigenvalue weighted by atomic mass is 32.2. The van der Waals surface area contributed by atoms with E-state index in [9.17, 15) is 22.8 Å². The van der Waals surface area contributed by atoms with E-state index >= 15 is 0 Å². The summed E-state index contributed by atoms with van der Waals surface area (Å²) in [7, 11) is -4.01. The lowest BCUT2D eigenvalue weighted by Gasteiger charge is -2.39. The van der Waals surface area contributed by atoms with Crippen LogP contribution in [0.4, 0.5) is 10.5 Å². The van der Waals surface area contributed by atoms with Crippen molar-refractivity contribution in [2.45, 2.75) is 106 Å². The van der Waals surface area contributed by atoms with Crippen molar-refractivity contribution in [3.05, 3.63) is 82.3 Å². The number of carbonyl (C=O) groups excluding carboxylic acids is 2. The number of carbonyl (C=O) groups is 2. The Morgan fingerprint density at radius 1 is 0.800 bits per heavy atom. The number of rotatable bonds is 9. The van der Waals surface area contributed by atoms with Crippen LogP contribution in [0, 0.1) is 5.41 Å². The molecule has 5 rings (SSSR count). The van der Waals surface area contributed by atoms with Crippen LogP contribution < -0.4 is 16.2 Å². The Bertz CT molecular complexity index is 2010. The molecule has 3 aromatic rings. The first-order chi connectivity index (χ1) is 25.3. The van der Waals surface area contributed by atoms with Crippen LogP contribution >= 0.6 is 11.5 Å². The van der Waals surface area contributed by atoms with Crippen LogP contribution in [0.5, 0.6) is 0 Å². The molecule has 302 valence electrons.